The summed E-state index contributed by atoms with van der Waals surface area (Å²) in [5, 5.41) is 12.4. The summed E-state index contributed by atoms with van der Waals surface area (Å²) in [6, 6.07) is 13.7. The van der Waals surface area contributed by atoms with Gasteiger partial charge in [-0.1, -0.05) is 18.2 Å². The number of aliphatic hydroxyl groups excluding tert-OH is 1. The molecule has 1 unspecified atom stereocenters. The van der Waals surface area contributed by atoms with Crippen molar-refractivity contribution in [1.82, 2.24) is 9.71 Å². The second-order valence-corrected chi connectivity index (χ2v) is 10.8. The van der Waals surface area contributed by atoms with E-state index in [0.29, 0.717) is 16.9 Å². The summed E-state index contributed by atoms with van der Waals surface area (Å²) in [5.41, 5.74) is 3.29. The van der Waals surface area contributed by atoms with E-state index in [0.717, 1.165) is 17.2 Å². The minimum absolute atomic E-state index is 0.181. The highest BCUT2D eigenvalue weighted by Gasteiger charge is 2.31. The summed E-state index contributed by atoms with van der Waals surface area (Å²) in [6.07, 6.45) is 0.678. The smallest absolute Gasteiger partial charge is 0.235 e. The van der Waals surface area contributed by atoms with E-state index in [4.69, 9.17) is 4.74 Å². The molecule has 0 aliphatic rings. The highest BCUT2D eigenvalue weighted by atomic mass is 32.2. The highest BCUT2D eigenvalue weighted by Crippen LogP contribution is 2.31. The zero-order chi connectivity index (χ0) is 24.9. The van der Waals surface area contributed by atoms with E-state index in [2.05, 4.69) is 15.0 Å². The largest absolute Gasteiger partial charge is 0.598 e. The number of halogens is 2. The SMILES string of the molecule is COC(O)Nc1ccc(-c2cccnc2[C@H](Cc2cc(F)cc(F)c2)N[S@+]([O-])C(C)(C)C)cc1. The van der Waals surface area contributed by atoms with Gasteiger partial charge in [-0.2, -0.15) is 0 Å². The molecule has 0 spiro atoms. The predicted octanol–water partition coefficient (Wildman–Crippen LogP) is 4.70. The van der Waals surface area contributed by atoms with Crippen molar-refractivity contribution in [3.63, 3.8) is 0 Å². The molecule has 0 radical (unpaired) electrons. The summed E-state index contributed by atoms with van der Waals surface area (Å²) < 4.78 is 48.1. The molecule has 0 saturated heterocycles. The number of hydrogen-bond donors (Lipinski definition) is 3. The van der Waals surface area contributed by atoms with Crippen LogP contribution in [0, 0.1) is 11.6 Å². The Hall–Kier alpha value is -2.56. The van der Waals surface area contributed by atoms with Gasteiger partial charge in [-0.05, 0) is 68.7 Å². The first-order valence-electron chi connectivity index (χ1n) is 10.7. The monoisotopic (exact) mass is 489 g/mol. The van der Waals surface area contributed by atoms with Crippen molar-refractivity contribution in [2.45, 2.75) is 44.4 Å². The number of benzene rings is 2. The maximum absolute atomic E-state index is 13.9. The van der Waals surface area contributed by atoms with Gasteiger partial charge < -0.3 is 19.7 Å². The molecule has 0 aliphatic heterocycles. The van der Waals surface area contributed by atoms with Gasteiger partial charge >= 0.3 is 0 Å². The minimum atomic E-state index is -1.46. The van der Waals surface area contributed by atoms with E-state index < -0.39 is 40.2 Å². The second kappa shape index (κ2) is 11.2. The van der Waals surface area contributed by atoms with Gasteiger partial charge in [-0.3, -0.25) is 4.98 Å². The zero-order valence-electron chi connectivity index (χ0n) is 19.5. The lowest BCUT2D eigenvalue weighted by Gasteiger charge is -2.28. The molecule has 3 N–H and O–H groups in total. The van der Waals surface area contributed by atoms with Crippen LogP contribution in [0.15, 0.2) is 60.8 Å². The molecular weight excluding hydrogens is 460 g/mol. The fourth-order valence-electron chi connectivity index (χ4n) is 3.35. The molecule has 0 saturated carbocycles. The van der Waals surface area contributed by atoms with E-state index in [9.17, 15) is 18.4 Å². The average Bonchev–Trinajstić information content (AvgIpc) is 2.77. The van der Waals surface area contributed by atoms with Gasteiger partial charge in [0.25, 0.3) is 0 Å². The van der Waals surface area contributed by atoms with Gasteiger partial charge in [0.2, 0.25) is 6.41 Å². The maximum atomic E-state index is 13.9. The Labute approximate surface area is 201 Å². The zero-order valence-corrected chi connectivity index (χ0v) is 20.3. The molecule has 3 atom stereocenters. The Morgan fingerprint density at radius 3 is 2.32 bits per heavy atom. The van der Waals surface area contributed by atoms with Gasteiger partial charge in [0.1, 0.15) is 16.4 Å². The molecule has 34 heavy (non-hydrogen) atoms. The van der Waals surface area contributed by atoms with Crippen molar-refractivity contribution >= 4 is 17.0 Å². The Balaban J connectivity index is 1.99. The number of pyridine rings is 1. The maximum Gasteiger partial charge on any atom is 0.235 e. The third-order valence-corrected chi connectivity index (χ3v) is 6.66. The molecule has 1 aromatic heterocycles. The Morgan fingerprint density at radius 2 is 1.74 bits per heavy atom. The molecule has 0 aliphatic carbocycles. The molecule has 3 aromatic rings. The van der Waals surface area contributed by atoms with Gasteiger partial charge in [-0.15, -0.1) is 4.72 Å². The van der Waals surface area contributed by atoms with Crippen molar-refractivity contribution in [3.05, 3.63) is 83.7 Å². The first kappa shape index (κ1) is 26.1. The summed E-state index contributed by atoms with van der Waals surface area (Å²) in [5.74, 6) is -1.35. The van der Waals surface area contributed by atoms with Crippen LogP contribution in [0.5, 0.6) is 0 Å². The van der Waals surface area contributed by atoms with Crippen LogP contribution in [0.3, 0.4) is 0 Å². The Morgan fingerprint density at radius 1 is 1.09 bits per heavy atom. The summed E-state index contributed by atoms with van der Waals surface area (Å²) in [6.45, 7) is 5.53. The van der Waals surface area contributed by atoms with Gasteiger partial charge in [0, 0.05) is 42.0 Å². The molecule has 1 heterocycles. The van der Waals surface area contributed by atoms with Crippen LogP contribution in [-0.2, 0) is 22.5 Å². The first-order valence-corrected chi connectivity index (χ1v) is 11.9. The summed E-state index contributed by atoms with van der Waals surface area (Å²) in [7, 11) is 1.38. The van der Waals surface area contributed by atoms with E-state index in [1.807, 2.05) is 39.0 Å². The minimum Gasteiger partial charge on any atom is -0.598 e. The van der Waals surface area contributed by atoms with Crippen molar-refractivity contribution in [2.75, 3.05) is 12.4 Å². The van der Waals surface area contributed by atoms with Crippen LogP contribution in [0.1, 0.15) is 38.1 Å². The number of nitrogens with one attached hydrogen (secondary N) is 2. The third-order valence-electron chi connectivity index (χ3n) is 5.05. The summed E-state index contributed by atoms with van der Waals surface area (Å²) >= 11 is -1.46. The van der Waals surface area contributed by atoms with E-state index >= 15 is 0 Å². The number of methoxy groups -OCH3 is 1. The van der Waals surface area contributed by atoms with Gasteiger partial charge in [0.15, 0.2) is 0 Å². The lowest BCUT2D eigenvalue weighted by atomic mass is 9.96. The number of rotatable bonds is 9. The number of aromatic nitrogens is 1. The van der Waals surface area contributed by atoms with E-state index in [1.54, 1.807) is 24.4 Å². The molecule has 6 nitrogen and oxygen atoms in total. The predicted molar refractivity (Wildman–Crippen MR) is 130 cm³/mol. The van der Waals surface area contributed by atoms with Crippen molar-refractivity contribution in [2.24, 2.45) is 0 Å². The van der Waals surface area contributed by atoms with Crippen LogP contribution < -0.4 is 10.0 Å². The van der Waals surface area contributed by atoms with Crippen LogP contribution in [0.4, 0.5) is 14.5 Å². The van der Waals surface area contributed by atoms with E-state index in [1.165, 1.54) is 19.2 Å². The Bertz CT molecular complexity index is 1070. The number of anilines is 1. The summed E-state index contributed by atoms with van der Waals surface area (Å²) in [4.78, 5) is 4.56. The van der Waals surface area contributed by atoms with Crippen molar-refractivity contribution in [1.29, 1.82) is 0 Å². The highest BCUT2D eigenvalue weighted by molar-refractivity contribution is 7.90. The van der Waals surface area contributed by atoms with Gasteiger partial charge in [0.05, 0.1) is 11.7 Å². The lowest BCUT2D eigenvalue weighted by molar-refractivity contribution is -0.0509. The number of nitrogens with zero attached hydrogens (tertiary/aromatic N) is 1. The second-order valence-electron chi connectivity index (χ2n) is 8.78. The topological polar surface area (TPSA) is 89.5 Å². The molecular formula is C25H29F2N3O3S. The third kappa shape index (κ3) is 6.97. The normalized spacial score (nSPS) is 14.5. The average molecular weight is 490 g/mol. The van der Waals surface area contributed by atoms with Crippen molar-refractivity contribution in [3.8, 4) is 11.1 Å². The first-order chi connectivity index (χ1) is 16.1. The lowest BCUT2D eigenvalue weighted by Crippen LogP contribution is -2.42. The fraction of sp³-hybridized carbons (Fsp3) is 0.320. The Kier molecular flexibility index (Phi) is 8.62. The van der Waals surface area contributed by atoms with Crippen LogP contribution >= 0.6 is 0 Å². The van der Waals surface area contributed by atoms with Crippen LogP contribution in [0.25, 0.3) is 11.1 Å². The molecule has 0 bridgehead atoms. The molecule has 182 valence electrons. The van der Waals surface area contributed by atoms with Gasteiger partial charge in [-0.25, -0.2) is 8.78 Å². The fourth-order valence-corrected chi connectivity index (χ4v) is 4.16. The van der Waals surface area contributed by atoms with Crippen LogP contribution in [0.2, 0.25) is 0 Å². The van der Waals surface area contributed by atoms with Crippen molar-refractivity contribution < 1.29 is 23.2 Å². The quantitative estimate of drug-likeness (QED) is 0.298. The molecule has 3 rings (SSSR count). The number of hydrogen-bond acceptors (Lipinski definition) is 6. The molecule has 0 amide bonds. The number of ether oxygens (including phenoxy) is 1. The number of aliphatic hydroxyl groups is 1. The molecule has 0 fully saturated rings. The molecule has 2 aromatic carbocycles. The molecule has 9 heteroatoms. The van der Waals surface area contributed by atoms with E-state index in [-0.39, 0.29) is 6.42 Å². The standard InChI is InChI=1S/C25H29F2N3O3S/c1-25(2,3)34(32)30-22(14-16-12-18(26)15-19(27)13-16)23-21(6-5-11-28-23)17-7-9-20(10-8-17)29-24(31)33-4/h5-13,15,22,24,29-31H,14H2,1-4H3/t22-,24?,34+/m0/s1. The van der Waals surface area contributed by atoms with Crippen LogP contribution in [-0.4, -0.2) is 32.9 Å².